The van der Waals surface area contributed by atoms with Gasteiger partial charge in [0.15, 0.2) is 0 Å². The largest absolute Gasteiger partial charge is 0.382 e. The molecule has 0 spiro atoms. The summed E-state index contributed by atoms with van der Waals surface area (Å²) >= 11 is 0. The molecule has 5 nitrogen and oxygen atoms in total. The van der Waals surface area contributed by atoms with Gasteiger partial charge >= 0.3 is 0 Å². The molecule has 1 aliphatic carbocycles. The van der Waals surface area contributed by atoms with E-state index in [0.29, 0.717) is 17.4 Å². The molecule has 0 aromatic heterocycles. The maximum absolute atomic E-state index is 11.9. The minimum absolute atomic E-state index is 0.147. The molecule has 1 aromatic rings. The highest BCUT2D eigenvalue weighted by Gasteiger charge is 2.25. The van der Waals surface area contributed by atoms with E-state index in [9.17, 15) is 14.3 Å². The summed E-state index contributed by atoms with van der Waals surface area (Å²) in [5, 5.41) is 14.5. The van der Waals surface area contributed by atoms with Crippen LogP contribution in [0, 0.1) is 17.0 Å². The van der Waals surface area contributed by atoms with E-state index in [1.807, 2.05) is 13.0 Å². The molecule has 1 saturated carbocycles. The van der Waals surface area contributed by atoms with Crippen LogP contribution in [0.4, 0.5) is 11.4 Å². The van der Waals surface area contributed by atoms with Crippen molar-refractivity contribution in [1.29, 1.82) is 0 Å². The molecule has 1 aliphatic rings. The van der Waals surface area contributed by atoms with Gasteiger partial charge in [0.2, 0.25) is 0 Å². The van der Waals surface area contributed by atoms with E-state index in [1.54, 1.807) is 19.1 Å². The second-order valence-corrected chi connectivity index (χ2v) is 7.56. The molecule has 0 aliphatic heterocycles. The number of anilines is 1. The van der Waals surface area contributed by atoms with Crippen LogP contribution in [0.3, 0.4) is 0 Å². The predicted octanol–water partition coefficient (Wildman–Crippen LogP) is 3.39. The van der Waals surface area contributed by atoms with Crippen molar-refractivity contribution in [1.82, 2.24) is 0 Å². The molecule has 1 N–H and O–H groups in total. The Kier molecular flexibility index (Phi) is 5.33. The van der Waals surface area contributed by atoms with Gasteiger partial charge in [0.1, 0.15) is 0 Å². The molecule has 21 heavy (non-hydrogen) atoms. The molecular weight excluding hydrogens is 288 g/mol. The average molecular weight is 310 g/mol. The monoisotopic (exact) mass is 310 g/mol. The molecule has 1 fully saturated rings. The van der Waals surface area contributed by atoms with Crippen LogP contribution in [0.15, 0.2) is 18.2 Å². The highest BCUT2D eigenvalue weighted by molar-refractivity contribution is 7.85. The standard InChI is InChI=1S/C15H22N2O3S/c1-3-21(20)14-6-4-5-12(10-14)16-13-7-8-15(17(18)19)11(2)9-13/h7-9,12,14,16H,3-6,10H2,1-2H3. The Balaban J connectivity index is 2.03. The van der Waals surface area contributed by atoms with Gasteiger partial charge in [-0.25, -0.2) is 0 Å². The van der Waals surface area contributed by atoms with Crippen molar-refractivity contribution < 1.29 is 9.13 Å². The van der Waals surface area contributed by atoms with Crippen LogP contribution < -0.4 is 5.32 Å². The number of hydrogen-bond donors (Lipinski definition) is 1. The van der Waals surface area contributed by atoms with E-state index < -0.39 is 10.8 Å². The topological polar surface area (TPSA) is 72.2 Å². The molecule has 0 saturated heterocycles. The van der Waals surface area contributed by atoms with Gasteiger partial charge in [0, 0.05) is 45.2 Å². The summed E-state index contributed by atoms with van der Waals surface area (Å²) in [5.74, 6) is 0.716. The first kappa shape index (κ1) is 15.9. The number of nitro benzene ring substituents is 1. The highest BCUT2D eigenvalue weighted by Crippen LogP contribution is 2.27. The third-order valence-corrected chi connectivity index (χ3v) is 5.79. The Morgan fingerprint density at radius 1 is 1.43 bits per heavy atom. The quantitative estimate of drug-likeness (QED) is 0.668. The van der Waals surface area contributed by atoms with Crippen LogP contribution >= 0.6 is 0 Å². The number of nitrogens with one attached hydrogen (secondary N) is 1. The summed E-state index contributed by atoms with van der Waals surface area (Å²) in [5.41, 5.74) is 1.72. The van der Waals surface area contributed by atoms with E-state index in [1.165, 1.54) is 0 Å². The van der Waals surface area contributed by atoms with Gasteiger partial charge in [0.05, 0.1) is 4.92 Å². The van der Waals surface area contributed by atoms with Crippen molar-refractivity contribution in [2.45, 2.75) is 50.8 Å². The van der Waals surface area contributed by atoms with E-state index in [0.717, 1.165) is 31.4 Å². The van der Waals surface area contributed by atoms with Crippen LogP contribution in [-0.4, -0.2) is 26.2 Å². The third-order valence-electron chi connectivity index (χ3n) is 4.05. The number of benzene rings is 1. The Morgan fingerprint density at radius 2 is 2.19 bits per heavy atom. The predicted molar refractivity (Wildman–Crippen MR) is 86.2 cm³/mol. The second-order valence-electron chi connectivity index (χ2n) is 5.56. The summed E-state index contributed by atoms with van der Waals surface area (Å²) in [4.78, 5) is 10.5. The number of aryl methyl sites for hydroxylation is 1. The van der Waals surface area contributed by atoms with Gasteiger partial charge in [-0.2, -0.15) is 0 Å². The number of hydrogen-bond acceptors (Lipinski definition) is 4. The Morgan fingerprint density at radius 3 is 2.81 bits per heavy atom. The van der Waals surface area contributed by atoms with Gasteiger partial charge < -0.3 is 5.32 Å². The highest BCUT2D eigenvalue weighted by atomic mass is 32.2. The first-order valence-electron chi connectivity index (χ1n) is 7.40. The summed E-state index contributed by atoms with van der Waals surface area (Å²) < 4.78 is 11.9. The molecule has 0 radical (unpaired) electrons. The molecule has 1 aromatic carbocycles. The fourth-order valence-electron chi connectivity index (χ4n) is 2.94. The Labute approximate surface area is 127 Å². The summed E-state index contributed by atoms with van der Waals surface area (Å²) in [6.07, 6.45) is 4.10. The van der Waals surface area contributed by atoms with E-state index >= 15 is 0 Å². The van der Waals surface area contributed by atoms with Gasteiger partial charge in [-0.1, -0.05) is 13.3 Å². The van der Waals surface area contributed by atoms with Crippen molar-refractivity contribution in [3.8, 4) is 0 Å². The van der Waals surface area contributed by atoms with Crippen molar-refractivity contribution in [3.63, 3.8) is 0 Å². The lowest BCUT2D eigenvalue weighted by Gasteiger charge is -2.29. The van der Waals surface area contributed by atoms with Crippen molar-refractivity contribution in [3.05, 3.63) is 33.9 Å². The van der Waals surface area contributed by atoms with Gasteiger partial charge in [0.25, 0.3) is 5.69 Å². The molecule has 0 heterocycles. The zero-order valence-electron chi connectivity index (χ0n) is 12.5. The van der Waals surface area contributed by atoms with E-state index in [4.69, 9.17) is 0 Å². The zero-order chi connectivity index (χ0) is 15.4. The summed E-state index contributed by atoms with van der Waals surface area (Å²) in [6.45, 7) is 3.71. The molecule has 3 unspecified atom stereocenters. The van der Waals surface area contributed by atoms with Crippen LogP contribution in [-0.2, 0) is 10.8 Å². The average Bonchev–Trinajstić information content (AvgIpc) is 2.46. The second kappa shape index (κ2) is 7.02. The Hall–Kier alpha value is -1.43. The van der Waals surface area contributed by atoms with Crippen molar-refractivity contribution in [2.75, 3.05) is 11.1 Å². The van der Waals surface area contributed by atoms with Gasteiger partial charge in [-0.15, -0.1) is 0 Å². The fraction of sp³-hybridized carbons (Fsp3) is 0.600. The summed E-state index contributed by atoms with van der Waals surface area (Å²) in [6, 6.07) is 5.42. The molecule has 6 heteroatoms. The number of nitrogens with zero attached hydrogens (tertiary/aromatic N) is 1. The maximum atomic E-state index is 11.9. The molecule has 0 amide bonds. The lowest BCUT2D eigenvalue weighted by molar-refractivity contribution is -0.385. The van der Waals surface area contributed by atoms with Gasteiger partial charge in [-0.3, -0.25) is 14.3 Å². The van der Waals surface area contributed by atoms with Gasteiger partial charge in [-0.05, 0) is 38.3 Å². The van der Waals surface area contributed by atoms with Crippen LogP contribution in [0.2, 0.25) is 0 Å². The lowest BCUT2D eigenvalue weighted by atomic mass is 9.94. The number of rotatable bonds is 5. The molecule has 3 atom stereocenters. The van der Waals surface area contributed by atoms with Crippen LogP contribution in [0.5, 0.6) is 0 Å². The van der Waals surface area contributed by atoms with E-state index in [2.05, 4.69) is 5.32 Å². The SMILES string of the molecule is CCS(=O)C1CCCC(Nc2ccc([N+](=O)[O-])c(C)c2)C1. The smallest absolute Gasteiger partial charge is 0.272 e. The number of nitro groups is 1. The normalized spacial score (nSPS) is 23.5. The lowest BCUT2D eigenvalue weighted by Crippen LogP contribution is -2.33. The Bertz CT molecular complexity index is 548. The van der Waals surface area contributed by atoms with Crippen LogP contribution in [0.1, 0.15) is 38.2 Å². The fourth-order valence-corrected chi connectivity index (χ4v) is 4.28. The first-order valence-corrected chi connectivity index (χ1v) is 8.78. The summed E-state index contributed by atoms with van der Waals surface area (Å²) in [7, 11) is -0.736. The molecule has 2 rings (SSSR count). The van der Waals surface area contributed by atoms with E-state index in [-0.39, 0.29) is 15.9 Å². The molecular formula is C15H22N2O3S. The van der Waals surface area contributed by atoms with Crippen molar-refractivity contribution >= 4 is 22.2 Å². The van der Waals surface area contributed by atoms with Crippen molar-refractivity contribution in [2.24, 2.45) is 0 Å². The zero-order valence-corrected chi connectivity index (χ0v) is 13.3. The third kappa shape index (κ3) is 4.03. The maximum Gasteiger partial charge on any atom is 0.272 e. The minimum atomic E-state index is -0.736. The molecule has 116 valence electrons. The molecule has 0 bridgehead atoms. The minimum Gasteiger partial charge on any atom is -0.382 e. The van der Waals surface area contributed by atoms with Crippen LogP contribution in [0.25, 0.3) is 0 Å². The first-order chi connectivity index (χ1) is 10.0.